The van der Waals surface area contributed by atoms with E-state index in [1.165, 1.54) is 6.07 Å². The fraction of sp³-hybridized carbons (Fsp3) is 0.250. The standard InChI is InChI=1S/C16H17BrFNO/c1-2-14(19)12-7-3-4-9-15(12)20-10-11-6-5-8-13(18)16(11)17/h3-9,14H,2,10,19H2,1H3/t14-/m1/s1. The average Bonchev–Trinajstić information content (AvgIpc) is 2.48. The lowest BCUT2D eigenvalue weighted by atomic mass is 10.0. The quantitative estimate of drug-likeness (QED) is 0.866. The van der Waals surface area contributed by atoms with Crippen LogP contribution in [0.1, 0.15) is 30.5 Å². The maximum Gasteiger partial charge on any atom is 0.137 e. The second kappa shape index (κ2) is 6.86. The van der Waals surface area contributed by atoms with Crippen LogP contribution in [0.5, 0.6) is 5.75 Å². The Balaban J connectivity index is 2.17. The first kappa shape index (κ1) is 15.0. The van der Waals surface area contributed by atoms with Crippen LogP contribution in [0.25, 0.3) is 0 Å². The molecule has 106 valence electrons. The molecule has 0 bridgehead atoms. The summed E-state index contributed by atoms with van der Waals surface area (Å²) in [5.74, 6) is 0.461. The molecule has 0 aromatic heterocycles. The zero-order valence-corrected chi connectivity index (χ0v) is 12.9. The van der Waals surface area contributed by atoms with Crippen LogP contribution in [0.15, 0.2) is 46.9 Å². The molecular formula is C16H17BrFNO. The lowest BCUT2D eigenvalue weighted by Crippen LogP contribution is -2.11. The molecule has 2 aromatic carbocycles. The molecule has 0 fully saturated rings. The van der Waals surface area contributed by atoms with Crippen LogP contribution in [-0.4, -0.2) is 0 Å². The van der Waals surface area contributed by atoms with E-state index in [1.807, 2.05) is 37.3 Å². The van der Waals surface area contributed by atoms with Gasteiger partial charge < -0.3 is 10.5 Å². The Hall–Kier alpha value is -1.39. The summed E-state index contributed by atoms with van der Waals surface area (Å²) in [5, 5.41) is 0. The number of benzene rings is 2. The third-order valence-corrected chi connectivity index (χ3v) is 4.06. The van der Waals surface area contributed by atoms with Crippen molar-refractivity contribution in [1.82, 2.24) is 0 Å². The van der Waals surface area contributed by atoms with E-state index in [0.717, 1.165) is 23.3 Å². The van der Waals surface area contributed by atoms with Gasteiger partial charge in [0.25, 0.3) is 0 Å². The highest BCUT2D eigenvalue weighted by Crippen LogP contribution is 2.27. The number of hydrogen-bond acceptors (Lipinski definition) is 2. The maximum absolute atomic E-state index is 13.4. The summed E-state index contributed by atoms with van der Waals surface area (Å²) in [7, 11) is 0. The molecule has 2 rings (SSSR count). The van der Waals surface area contributed by atoms with Crippen LogP contribution in [-0.2, 0) is 6.61 Å². The summed E-state index contributed by atoms with van der Waals surface area (Å²) >= 11 is 3.24. The Kier molecular flexibility index (Phi) is 5.15. The zero-order valence-electron chi connectivity index (χ0n) is 11.3. The number of ether oxygens (including phenoxy) is 1. The van der Waals surface area contributed by atoms with E-state index in [4.69, 9.17) is 10.5 Å². The molecule has 0 heterocycles. The van der Waals surface area contributed by atoms with Crippen molar-refractivity contribution in [3.63, 3.8) is 0 Å². The topological polar surface area (TPSA) is 35.2 Å². The van der Waals surface area contributed by atoms with Crippen molar-refractivity contribution in [1.29, 1.82) is 0 Å². The average molecular weight is 338 g/mol. The third-order valence-electron chi connectivity index (χ3n) is 3.17. The van der Waals surface area contributed by atoms with Gasteiger partial charge >= 0.3 is 0 Å². The van der Waals surface area contributed by atoms with Crippen molar-refractivity contribution >= 4 is 15.9 Å². The van der Waals surface area contributed by atoms with E-state index < -0.39 is 0 Å². The fourth-order valence-corrected chi connectivity index (χ4v) is 2.33. The molecule has 20 heavy (non-hydrogen) atoms. The van der Waals surface area contributed by atoms with E-state index in [1.54, 1.807) is 6.07 Å². The number of nitrogens with two attached hydrogens (primary N) is 1. The molecule has 0 unspecified atom stereocenters. The SMILES string of the molecule is CC[C@@H](N)c1ccccc1OCc1cccc(F)c1Br. The number of halogens is 2. The number of para-hydroxylation sites is 1. The van der Waals surface area contributed by atoms with Gasteiger partial charge in [-0.15, -0.1) is 0 Å². The molecule has 2 N–H and O–H groups in total. The van der Waals surface area contributed by atoms with Crippen molar-refractivity contribution in [3.8, 4) is 5.75 Å². The van der Waals surface area contributed by atoms with Gasteiger partial charge in [-0.25, -0.2) is 4.39 Å². The highest BCUT2D eigenvalue weighted by atomic mass is 79.9. The van der Waals surface area contributed by atoms with Crippen molar-refractivity contribution < 1.29 is 9.13 Å². The van der Waals surface area contributed by atoms with Crippen LogP contribution < -0.4 is 10.5 Å². The van der Waals surface area contributed by atoms with E-state index in [-0.39, 0.29) is 11.9 Å². The van der Waals surface area contributed by atoms with Crippen LogP contribution >= 0.6 is 15.9 Å². The highest BCUT2D eigenvalue weighted by Gasteiger charge is 2.11. The summed E-state index contributed by atoms with van der Waals surface area (Å²) in [6.07, 6.45) is 0.837. The van der Waals surface area contributed by atoms with Gasteiger partial charge in [0.1, 0.15) is 18.2 Å². The van der Waals surface area contributed by atoms with E-state index in [0.29, 0.717) is 11.1 Å². The summed E-state index contributed by atoms with van der Waals surface area (Å²) in [5.41, 5.74) is 7.81. The molecule has 0 saturated heterocycles. The van der Waals surface area contributed by atoms with Crippen LogP contribution in [0, 0.1) is 5.82 Å². The van der Waals surface area contributed by atoms with Gasteiger partial charge in [-0.2, -0.15) is 0 Å². The Morgan fingerprint density at radius 1 is 1.20 bits per heavy atom. The van der Waals surface area contributed by atoms with Crippen molar-refractivity contribution in [3.05, 3.63) is 63.9 Å². The molecule has 0 amide bonds. The Bertz CT molecular complexity index is 588. The lowest BCUT2D eigenvalue weighted by molar-refractivity contribution is 0.299. The van der Waals surface area contributed by atoms with Crippen LogP contribution in [0.2, 0.25) is 0 Å². The fourth-order valence-electron chi connectivity index (χ4n) is 1.95. The zero-order chi connectivity index (χ0) is 14.5. The van der Waals surface area contributed by atoms with Crippen LogP contribution in [0.3, 0.4) is 0 Å². The molecule has 0 saturated carbocycles. The molecule has 2 nitrogen and oxygen atoms in total. The molecule has 0 aliphatic rings. The van der Waals surface area contributed by atoms with Gasteiger partial charge in [-0.1, -0.05) is 37.3 Å². The largest absolute Gasteiger partial charge is 0.489 e. The van der Waals surface area contributed by atoms with Crippen molar-refractivity contribution in [2.75, 3.05) is 0 Å². The number of rotatable bonds is 5. The minimum atomic E-state index is -0.287. The molecule has 1 atom stereocenters. The van der Waals surface area contributed by atoms with Gasteiger partial charge in [0, 0.05) is 17.2 Å². The molecule has 0 radical (unpaired) electrons. The monoisotopic (exact) mass is 337 g/mol. The van der Waals surface area contributed by atoms with E-state index in [9.17, 15) is 4.39 Å². The number of hydrogen-bond donors (Lipinski definition) is 1. The molecule has 4 heteroatoms. The van der Waals surface area contributed by atoms with Gasteiger partial charge in [-0.05, 0) is 34.5 Å². The van der Waals surface area contributed by atoms with Gasteiger partial charge in [0.05, 0.1) is 4.47 Å². The Labute approximate surface area is 126 Å². The van der Waals surface area contributed by atoms with Crippen molar-refractivity contribution in [2.24, 2.45) is 5.73 Å². The van der Waals surface area contributed by atoms with Crippen molar-refractivity contribution in [2.45, 2.75) is 26.0 Å². The highest BCUT2D eigenvalue weighted by molar-refractivity contribution is 9.10. The summed E-state index contributed by atoms with van der Waals surface area (Å²) in [6, 6.07) is 12.5. The minimum absolute atomic E-state index is 0.0536. The third kappa shape index (κ3) is 3.38. The molecule has 0 spiro atoms. The first-order valence-electron chi connectivity index (χ1n) is 6.53. The first-order chi connectivity index (χ1) is 9.63. The lowest BCUT2D eigenvalue weighted by Gasteiger charge is -2.16. The van der Waals surface area contributed by atoms with E-state index in [2.05, 4.69) is 15.9 Å². The predicted molar refractivity (Wildman–Crippen MR) is 82.1 cm³/mol. The first-order valence-corrected chi connectivity index (χ1v) is 7.33. The smallest absolute Gasteiger partial charge is 0.137 e. The molecule has 0 aliphatic carbocycles. The molecule has 2 aromatic rings. The van der Waals surface area contributed by atoms with E-state index >= 15 is 0 Å². The second-order valence-electron chi connectivity index (χ2n) is 4.55. The van der Waals surface area contributed by atoms with Gasteiger partial charge in [0.2, 0.25) is 0 Å². The Morgan fingerprint density at radius 3 is 2.70 bits per heavy atom. The summed E-state index contributed by atoms with van der Waals surface area (Å²) < 4.78 is 19.7. The molecular weight excluding hydrogens is 321 g/mol. The molecule has 0 aliphatic heterocycles. The van der Waals surface area contributed by atoms with Gasteiger partial charge in [-0.3, -0.25) is 0 Å². The van der Waals surface area contributed by atoms with Crippen LogP contribution in [0.4, 0.5) is 4.39 Å². The second-order valence-corrected chi connectivity index (χ2v) is 5.35. The Morgan fingerprint density at radius 2 is 1.95 bits per heavy atom. The predicted octanol–water partition coefficient (Wildman–Crippen LogP) is 4.58. The summed E-state index contributed by atoms with van der Waals surface area (Å²) in [6.45, 7) is 2.33. The maximum atomic E-state index is 13.4. The van der Waals surface area contributed by atoms with Gasteiger partial charge in [0.15, 0.2) is 0 Å². The minimum Gasteiger partial charge on any atom is -0.489 e. The normalized spacial score (nSPS) is 12.2. The summed E-state index contributed by atoms with van der Waals surface area (Å²) in [4.78, 5) is 0.